The first-order valence-electron chi connectivity index (χ1n) is 13.1. The lowest BCUT2D eigenvalue weighted by Crippen LogP contribution is -2.67. The second-order valence-corrected chi connectivity index (χ2v) is 10.7. The van der Waals surface area contributed by atoms with Gasteiger partial charge in [-0.1, -0.05) is 36.4 Å². The maximum absolute atomic E-state index is 13.7. The molecule has 0 bridgehead atoms. The van der Waals surface area contributed by atoms with Crippen molar-refractivity contribution >= 4 is 18.1 Å². The highest BCUT2D eigenvalue weighted by molar-refractivity contribution is 5.95. The topological polar surface area (TPSA) is 148 Å². The number of aryl methyl sites for hydroxylation is 1. The number of carboxylic acid groups (broad SMARTS) is 1. The fraction of sp³-hybridized carbons (Fsp3) is 0.345. The van der Waals surface area contributed by atoms with E-state index in [0.29, 0.717) is 61.7 Å². The SMILES string of the molecule is Cn1c(CC2(N)CNC2)c(C(=O)O)c2c1-c1nc(C3(C(=O)NCc4ccccc4)C=CC=NC3)ncc1CC2. The van der Waals surface area contributed by atoms with E-state index in [1.807, 2.05) is 41.9 Å². The van der Waals surface area contributed by atoms with Gasteiger partial charge in [0.25, 0.3) is 0 Å². The maximum Gasteiger partial charge on any atom is 0.337 e. The first kappa shape index (κ1) is 25.1. The molecule has 1 aromatic carbocycles. The van der Waals surface area contributed by atoms with E-state index >= 15 is 0 Å². The summed E-state index contributed by atoms with van der Waals surface area (Å²) in [6.07, 6.45) is 8.61. The van der Waals surface area contributed by atoms with Crippen LogP contribution in [0.3, 0.4) is 0 Å². The van der Waals surface area contributed by atoms with Crippen LogP contribution in [0.25, 0.3) is 11.4 Å². The molecule has 4 heterocycles. The van der Waals surface area contributed by atoms with Gasteiger partial charge in [-0.05, 0) is 35.6 Å². The number of nitrogens with one attached hydrogen (secondary N) is 2. The third kappa shape index (κ3) is 4.25. The molecule has 1 fully saturated rings. The number of aliphatic imine (C=N–C) groups is 1. The van der Waals surface area contributed by atoms with E-state index in [4.69, 9.17) is 10.7 Å². The second kappa shape index (κ2) is 9.55. The smallest absolute Gasteiger partial charge is 0.337 e. The van der Waals surface area contributed by atoms with Gasteiger partial charge in [-0.3, -0.25) is 9.79 Å². The van der Waals surface area contributed by atoms with Crippen LogP contribution in [0.4, 0.5) is 0 Å². The van der Waals surface area contributed by atoms with Gasteiger partial charge in [0, 0.05) is 56.7 Å². The molecular weight excluding hydrogens is 494 g/mol. The van der Waals surface area contributed by atoms with E-state index in [1.54, 1.807) is 24.6 Å². The predicted molar refractivity (Wildman–Crippen MR) is 147 cm³/mol. The van der Waals surface area contributed by atoms with Crippen LogP contribution in [0, 0.1) is 0 Å². The molecule has 1 saturated heterocycles. The molecule has 1 atom stereocenters. The number of aromatic nitrogens is 3. The summed E-state index contributed by atoms with van der Waals surface area (Å²) in [5.41, 5.74) is 9.93. The minimum atomic E-state index is -1.18. The molecule has 10 heteroatoms. The molecule has 39 heavy (non-hydrogen) atoms. The van der Waals surface area contributed by atoms with Crippen LogP contribution in [0.2, 0.25) is 0 Å². The lowest BCUT2D eigenvalue weighted by molar-refractivity contribution is -0.125. The summed E-state index contributed by atoms with van der Waals surface area (Å²) in [6, 6.07) is 9.70. The molecule has 2 aliphatic heterocycles. The Morgan fingerprint density at radius 2 is 2.00 bits per heavy atom. The van der Waals surface area contributed by atoms with Gasteiger partial charge in [-0.15, -0.1) is 0 Å². The Morgan fingerprint density at radius 3 is 2.67 bits per heavy atom. The number of benzene rings is 1. The Bertz CT molecular complexity index is 1520. The number of dihydropyridines is 1. The number of allylic oxidation sites excluding steroid dienone is 1. The number of carbonyl (C=O) groups excluding carboxylic acids is 1. The molecule has 1 unspecified atom stereocenters. The van der Waals surface area contributed by atoms with Gasteiger partial charge < -0.3 is 26.0 Å². The standard InChI is InChI=1S/C29H31N7O3/c1-36-21(12-28(30)15-32-16-28)22(25(37)38)20-9-8-19-14-33-26(35-23(19)24(20)36)29(10-5-11-31-17-29)27(39)34-13-18-6-3-2-4-7-18/h2-7,10-11,14,32H,8-9,12-13,15-17,30H2,1H3,(H,34,39)(H,37,38). The summed E-state index contributed by atoms with van der Waals surface area (Å²) < 4.78 is 1.93. The molecule has 1 amide bonds. The summed E-state index contributed by atoms with van der Waals surface area (Å²) >= 11 is 0. The van der Waals surface area contributed by atoms with Crippen molar-refractivity contribution in [2.45, 2.75) is 36.8 Å². The van der Waals surface area contributed by atoms with Crippen molar-refractivity contribution < 1.29 is 14.7 Å². The molecule has 0 radical (unpaired) electrons. The minimum Gasteiger partial charge on any atom is -0.478 e. The number of carboxylic acids is 1. The molecule has 2 aromatic heterocycles. The third-order valence-electron chi connectivity index (χ3n) is 8.05. The molecule has 1 aliphatic carbocycles. The Kier molecular flexibility index (Phi) is 6.16. The quantitative estimate of drug-likeness (QED) is 0.364. The van der Waals surface area contributed by atoms with Gasteiger partial charge in [0.05, 0.1) is 23.5 Å². The molecule has 0 spiro atoms. The second-order valence-electron chi connectivity index (χ2n) is 10.7. The van der Waals surface area contributed by atoms with E-state index < -0.39 is 16.9 Å². The summed E-state index contributed by atoms with van der Waals surface area (Å²) in [6.45, 7) is 1.82. The van der Waals surface area contributed by atoms with Crippen LogP contribution >= 0.6 is 0 Å². The number of carbonyl (C=O) groups is 2. The number of nitrogens with zero attached hydrogens (tertiary/aromatic N) is 4. The zero-order valence-electron chi connectivity index (χ0n) is 21.8. The summed E-state index contributed by atoms with van der Waals surface area (Å²) in [7, 11) is 1.88. The van der Waals surface area contributed by atoms with Crippen molar-refractivity contribution in [3.8, 4) is 11.4 Å². The molecule has 3 aromatic rings. The summed E-state index contributed by atoms with van der Waals surface area (Å²) in [5.74, 6) is -0.862. The van der Waals surface area contributed by atoms with E-state index in [9.17, 15) is 14.7 Å². The Labute approximate surface area is 226 Å². The zero-order chi connectivity index (χ0) is 27.2. The van der Waals surface area contributed by atoms with Gasteiger partial charge in [0.1, 0.15) is 11.2 Å². The maximum atomic E-state index is 13.7. The zero-order valence-corrected chi connectivity index (χ0v) is 21.8. The molecule has 10 nitrogen and oxygen atoms in total. The largest absolute Gasteiger partial charge is 0.478 e. The predicted octanol–water partition coefficient (Wildman–Crippen LogP) is 1.32. The van der Waals surface area contributed by atoms with E-state index in [-0.39, 0.29) is 12.5 Å². The van der Waals surface area contributed by atoms with Crippen LogP contribution in [-0.4, -0.2) is 62.9 Å². The first-order chi connectivity index (χ1) is 18.8. The number of aromatic carboxylic acids is 1. The number of rotatable bonds is 7. The van der Waals surface area contributed by atoms with Crippen molar-refractivity contribution in [1.82, 2.24) is 25.2 Å². The van der Waals surface area contributed by atoms with Gasteiger partial charge in [-0.25, -0.2) is 14.8 Å². The normalized spacial score (nSPS) is 20.6. The van der Waals surface area contributed by atoms with Gasteiger partial charge >= 0.3 is 5.97 Å². The number of fused-ring (bicyclic) bond motifs is 3. The highest BCUT2D eigenvalue weighted by Crippen LogP contribution is 2.39. The lowest BCUT2D eigenvalue weighted by atomic mass is 9.83. The van der Waals surface area contributed by atoms with Crippen molar-refractivity contribution in [3.05, 3.63) is 82.5 Å². The fourth-order valence-corrected chi connectivity index (χ4v) is 5.82. The number of hydrogen-bond acceptors (Lipinski definition) is 7. The molecular formula is C29H31N7O3. The minimum absolute atomic E-state index is 0.178. The Balaban J connectivity index is 1.42. The first-order valence-corrected chi connectivity index (χ1v) is 13.1. The average molecular weight is 526 g/mol. The van der Waals surface area contributed by atoms with Crippen molar-refractivity contribution in [2.75, 3.05) is 19.6 Å². The van der Waals surface area contributed by atoms with Crippen LogP contribution in [0.5, 0.6) is 0 Å². The van der Waals surface area contributed by atoms with Gasteiger partial charge in [0.15, 0.2) is 0 Å². The van der Waals surface area contributed by atoms with Crippen molar-refractivity contribution in [1.29, 1.82) is 0 Å². The Hall–Kier alpha value is -4.15. The van der Waals surface area contributed by atoms with Crippen molar-refractivity contribution in [2.24, 2.45) is 17.8 Å². The van der Waals surface area contributed by atoms with Crippen LogP contribution in [0.1, 0.15) is 38.6 Å². The molecule has 6 rings (SSSR count). The monoisotopic (exact) mass is 525 g/mol. The van der Waals surface area contributed by atoms with E-state index in [1.165, 1.54) is 0 Å². The highest BCUT2D eigenvalue weighted by Gasteiger charge is 2.43. The third-order valence-corrected chi connectivity index (χ3v) is 8.05. The lowest BCUT2D eigenvalue weighted by Gasteiger charge is -2.39. The number of amides is 1. The van der Waals surface area contributed by atoms with Crippen LogP contribution < -0.4 is 16.4 Å². The average Bonchev–Trinajstić information content (AvgIpc) is 3.22. The fourth-order valence-electron chi connectivity index (χ4n) is 5.82. The number of nitrogens with two attached hydrogens (primary N) is 1. The molecule has 5 N–H and O–H groups in total. The molecule has 3 aliphatic rings. The molecule has 200 valence electrons. The Morgan fingerprint density at radius 1 is 1.21 bits per heavy atom. The van der Waals surface area contributed by atoms with Crippen molar-refractivity contribution in [3.63, 3.8) is 0 Å². The summed E-state index contributed by atoms with van der Waals surface area (Å²) in [5, 5.41) is 16.4. The van der Waals surface area contributed by atoms with E-state index in [2.05, 4.69) is 20.6 Å². The number of hydrogen-bond donors (Lipinski definition) is 4. The highest BCUT2D eigenvalue weighted by atomic mass is 16.4. The van der Waals surface area contributed by atoms with Gasteiger partial charge in [-0.2, -0.15) is 0 Å². The molecule has 0 saturated carbocycles. The van der Waals surface area contributed by atoms with Gasteiger partial charge in [0.2, 0.25) is 5.91 Å². The van der Waals surface area contributed by atoms with E-state index in [0.717, 1.165) is 22.4 Å². The summed E-state index contributed by atoms with van der Waals surface area (Å²) in [4.78, 5) is 40.2. The van der Waals surface area contributed by atoms with Crippen LogP contribution in [0.15, 0.2) is 53.7 Å². The van der Waals surface area contributed by atoms with Crippen LogP contribution in [-0.2, 0) is 43.1 Å².